The van der Waals surface area contributed by atoms with E-state index in [1.54, 1.807) is 32.5 Å². The highest BCUT2D eigenvalue weighted by molar-refractivity contribution is 6.32. The third-order valence-corrected chi connectivity index (χ3v) is 4.14. The molecule has 2 aromatic carbocycles. The van der Waals surface area contributed by atoms with E-state index in [9.17, 15) is 0 Å². The molecule has 0 unspecified atom stereocenters. The Morgan fingerprint density at radius 1 is 1.04 bits per heavy atom. The Morgan fingerprint density at radius 2 is 1.81 bits per heavy atom. The summed E-state index contributed by atoms with van der Waals surface area (Å²) in [4.78, 5) is 4.43. The van der Waals surface area contributed by atoms with Gasteiger partial charge in [0.1, 0.15) is 11.5 Å². The predicted molar refractivity (Wildman–Crippen MR) is 106 cm³/mol. The van der Waals surface area contributed by atoms with Gasteiger partial charge in [-0.25, -0.2) is 0 Å². The van der Waals surface area contributed by atoms with E-state index in [1.807, 2.05) is 18.2 Å². The maximum Gasteiger partial charge on any atom is 0.249 e. The lowest BCUT2D eigenvalue weighted by Gasteiger charge is -2.13. The standard InChI is InChI=1S/C19H20ClN5O2/c1-26-16-11-15(17(27-2)10-14(16)20)23-19-24-18(12-22-25-19)21-9-8-13-6-4-3-5-7-13/h3-7,10-12H,8-9H2,1-2H3,(H2,21,23,24,25). The zero-order valence-corrected chi connectivity index (χ0v) is 15.8. The van der Waals surface area contributed by atoms with Crippen molar-refractivity contribution in [2.45, 2.75) is 6.42 Å². The van der Waals surface area contributed by atoms with E-state index in [2.05, 4.69) is 37.9 Å². The van der Waals surface area contributed by atoms with E-state index < -0.39 is 0 Å². The number of hydrogen-bond acceptors (Lipinski definition) is 7. The van der Waals surface area contributed by atoms with Gasteiger partial charge in [0.25, 0.3) is 0 Å². The highest BCUT2D eigenvalue weighted by Gasteiger charge is 2.11. The number of rotatable bonds is 8. The third kappa shape index (κ3) is 4.98. The zero-order valence-electron chi connectivity index (χ0n) is 15.1. The van der Waals surface area contributed by atoms with Crippen molar-refractivity contribution < 1.29 is 9.47 Å². The number of nitrogens with one attached hydrogen (secondary N) is 2. The molecule has 1 heterocycles. The molecule has 3 rings (SSSR count). The number of benzene rings is 2. The minimum atomic E-state index is 0.336. The molecule has 0 fully saturated rings. The van der Waals surface area contributed by atoms with Gasteiger partial charge in [0.2, 0.25) is 5.95 Å². The van der Waals surface area contributed by atoms with E-state index in [0.717, 1.165) is 13.0 Å². The first-order valence-corrected chi connectivity index (χ1v) is 8.73. The van der Waals surface area contributed by atoms with Gasteiger partial charge in [0.15, 0.2) is 5.82 Å². The van der Waals surface area contributed by atoms with Crippen LogP contribution in [0.15, 0.2) is 48.7 Å². The van der Waals surface area contributed by atoms with Crippen LogP contribution < -0.4 is 20.1 Å². The van der Waals surface area contributed by atoms with Gasteiger partial charge >= 0.3 is 0 Å². The Balaban J connectivity index is 1.69. The lowest BCUT2D eigenvalue weighted by molar-refractivity contribution is 0.405. The summed E-state index contributed by atoms with van der Waals surface area (Å²) < 4.78 is 10.6. The molecule has 0 saturated heterocycles. The molecule has 1 aromatic heterocycles. The van der Waals surface area contributed by atoms with Gasteiger partial charge in [-0.3, -0.25) is 0 Å². The first kappa shape index (κ1) is 18.7. The number of methoxy groups -OCH3 is 2. The Morgan fingerprint density at radius 3 is 2.56 bits per heavy atom. The molecule has 27 heavy (non-hydrogen) atoms. The Labute approximate surface area is 162 Å². The maximum absolute atomic E-state index is 6.13. The summed E-state index contributed by atoms with van der Waals surface area (Å²) in [7, 11) is 3.11. The Hall–Kier alpha value is -3.06. The van der Waals surface area contributed by atoms with Crippen LogP contribution in [0.25, 0.3) is 0 Å². The lowest BCUT2D eigenvalue weighted by Crippen LogP contribution is -2.09. The molecular formula is C19H20ClN5O2. The van der Waals surface area contributed by atoms with Crippen molar-refractivity contribution in [3.8, 4) is 11.5 Å². The summed E-state index contributed by atoms with van der Waals surface area (Å²) in [5.41, 5.74) is 1.88. The predicted octanol–water partition coefficient (Wildman–Crippen LogP) is 3.94. The van der Waals surface area contributed by atoms with Gasteiger partial charge in [-0.1, -0.05) is 41.9 Å². The highest BCUT2D eigenvalue weighted by Crippen LogP contribution is 2.36. The molecule has 0 aliphatic rings. The SMILES string of the molecule is COc1cc(Nc2nncc(NCCc3ccccc3)n2)c(OC)cc1Cl. The van der Waals surface area contributed by atoms with Gasteiger partial charge in [0, 0.05) is 18.7 Å². The van der Waals surface area contributed by atoms with Crippen molar-refractivity contribution in [2.24, 2.45) is 0 Å². The Bertz CT molecular complexity index is 893. The molecule has 8 heteroatoms. The number of nitrogens with zero attached hydrogens (tertiary/aromatic N) is 3. The summed E-state index contributed by atoms with van der Waals surface area (Å²) >= 11 is 6.13. The van der Waals surface area contributed by atoms with Crippen LogP contribution in [0.2, 0.25) is 5.02 Å². The second-order valence-electron chi connectivity index (χ2n) is 5.64. The van der Waals surface area contributed by atoms with Gasteiger partial charge in [-0.15, -0.1) is 5.10 Å². The molecule has 0 radical (unpaired) electrons. The molecular weight excluding hydrogens is 366 g/mol. The number of aromatic nitrogens is 3. The van der Waals surface area contributed by atoms with Gasteiger partial charge < -0.3 is 20.1 Å². The van der Waals surface area contributed by atoms with Crippen LogP contribution in [0.1, 0.15) is 5.56 Å². The fraction of sp³-hybridized carbons (Fsp3) is 0.211. The second kappa shape index (κ2) is 9.05. The smallest absolute Gasteiger partial charge is 0.249 e. The van der Waals surface area contributed by atoms with E-state index in [4.69, 9.17) is 21.1 Å². The molecule has 3 aromatic rings. The molecule has 7 nitrogen and oxygen atoms in total. The first-order chi connectivity index (χ1) is 13.2. The van der Waals surface area contributed by atoms with Crippen LogP contribution in [-0.4, -0.2) is 35.9 Å². The summed E-state index contributed by atoms with van der Waals surface area (Å²) in [6.45, 7) is 0.736. The van der Waals surface area contributed by atoms with Crippen molar-refractivity contribution >= 4 is 29.1 Å². The highest BCUT2D eigenvalue weighted by atomic mass is 35.5. The van der Waals surface area contributed by atoms with E-state index >= 15 is 0 Å². The van der Waals surface area contributed by atoms with E-state index in [1.165, 1.54) is 5.56 Å². The number of ether oxygens (including phenoxy) is 2. The molecule has 0 bridgehead atoms. The van der Waals surface area contributed by atoms with Gasteiger partial charge in [0.05, 0.1) is 31.1 Å². The van der Waals surface area contributed by atoms with Gasteiger partial charge in [-0.2, -0.15) is 10.1 Å². The monoisotopic (exact) mass is 385 g/mol. The number of halogens is 1. The fourth-order valence-electron chi connectivity index (χ4n) is 2.50. The normalized spacial score (nSPS) is 10.3. The van der Waals surface area contributed by atoms with Crippen LogP contribution in [0.4, 0.5) is 17.5 Å². The summed E-state index contributed by atoms with van der Waals surface area (Å²) in [6, 6.07) is 13.6. The Kier molecular flexibility index (Phi) is 6.27. The van der Waals surface area contributed by atoms with E-state index in [-0.39, 0.29) is 0 Å². The van der Waals surface area contributed by atoms with Crippen molar-refractivity contribution in [3.05, 3.63) is 59.2 Å². The quantitative estimate of drug-likeness (QED) is 0.607. The molecule has 0 aliphatic heterocycles. The summed E-state index contributed by atoms with van der Waals surface area (Å²) in [5, 5.41) is 14.8. The third-order valence-electron chi connectivity index (χ3n) is 3.84. The van der Waals surface area contributed by atoms with Crippen molar-refractivity contribution in [2.75, 3.05) is 31.4 Å². The topological polar surface area (TPSA) is 81.2 Å². The molecule has 0 amide bonds. The molecule has 0 atom stereocenters. The molecule has 0 spiro atoms. The van der Waals surface area contributed by atoms with Crippen LogP contribution in [0, 0.1) is 0 Å². The second-order valence-corrected chi connectivity index (χ2v) is 6.05. The average Bonchev–Trinajstić information content (AvgIpc) is 2.70. The lowest BCUT2D eigenvalue weighted by atomic mass is 10.1. The zero-order chi connectivity index (χ0) is 19.1. The van der Waals surface area contributed by atoms with Crippen molar-refractivity contribution in [1.29, 1.82) is 0 Å². The number of hydrogen-bond donors (Lipinski definition) is 2. The maximum atomic E-state index is 6.13. The van der Waals surface area contributed by atoms with Crippen LogP contribution in [-0.2, 0) is 6.42 Å². The number of anilines is 3. The van der Waals surface area contributed by atoms with E-state index in [0.29, 0.717) is 34.0 Å². The summed E-state index contributed by atoms with van der Waals surface area (Å²) in [6.07, 6.45) is 2.46. The molecule has 0 saturated carbocycles. The summed E-state index contributed by atoms with van der Waals surface area (Å²) in [5.74, 6) is 2.03. The minimum absolute atomic E-state index is 0.336. The minimum Gasteiger partial charge on any atom is -0.495 e. The van der Waals surface area contributed by atoms with Crippen LogP contribution in [0.5, 0.6) is 11.5 Å². The molecule has 0 aliphatic carbocycles. The van der Waals surface area contributed by atoms with Gasteiger partial charge in [-0.05, 0) is 12.0 Å². The van der Waals surface area contributed by atoms with Crippen LogP contribution >= 0.6 is 11.6 Å². The van der Waals surface area contributed by atoms with Crippen molar-refractivity contribution in [1.82, 2.24) is 15.2 Å². The average molecular weight is 386 g/mol. The van der Waals surface area contributed by atoms with Crippen LogP contribution in [0.3, 0.4) is 0 Å². The largest absolute Gasteiger partial charge is 0.495 e. The molecule has 2 N–H and O–H groups in total. The molecule has 140 valence electrons. The fourth-order valence-corrected chi connectivity index (χ4v) is 2.73. The first-order valence-electron chi connectivity index (χ1n) is 8.35. The van der Waals surface area contributed by atoms with Crippen molar-refractivity contribution in [3.63, 3.8) is 0 Å².